The summed E-state index contributed by atoms with van der Waals surface area (Å²) in [4.78, 5) is 1.35. The Morgan fingerprint density at radius 3 is 2.69 bits per heavy atom. The lowest BCUT2D eigenvalue weighted by atomic mass is 9.84. The summed E-state index contributed by atoms with van der Waals surface area (Å²) in [5, 5.41) is 6.53. The topological polar surface area (TPSA) is 12.0 Å². The lowest BCUT2D eigenvalue weighted by Crippen LogP contribution is -2.32. The fraction of sp³-hybridized carbons (Fsp3) is 0.692. The molecule has 0 unspecified atom stereocenters. The van der Waals surface area contributed by atoms with Crippen molar-refractivity contribution >= 4 is 22.9 Å². The smallest absolute Gasteiger partial charge is 0.0516 e. The highest BCUT2D eigenvalue weighted by molar-refractivity contribution is 7.10. The van der Waals surface area contributed by atoms with Crippen molar-refractivity contribution in [1.29, 1.82) is 0 Å². The molecule has 1 nitrogen and oxygen atoms in total. The summed E-state index contributed by atoms with van der Waals surface area (Å²) in [6.45, 7) is 3.30. The van der Waals surface area contributed by atoms with Crippen LogP contribution in [0.2, 0.25) is 5.02 Å². The molecule has 0 saturated heterocycles. The molecule has 0 bridgehead atoms. The van der Waals surface area contributed by atoms with Crippen molar-refractivity contribution in [2.24, 2.45) is 5.92 Å². The molecule has 1 aliphatic carbocycles. The van der Waals surface area contributed by atoms with E-state index in [0.717, 1.165) is 23.5 Å². The van der Waals surface area contributed by atoms with Gasteiger partial charge in [-0.15, -0.1) is 11.3 Å². The van der Waals surface area contributed by atoms with Gasteiger partial charge in [-0.25, -0.2) is 0 Å². The average molecular weight is 258 g/mol. The first-order valence-corrected chi connectivity index (χ1v) is 7.50. The molecule has 16 heavy (non-hydrogen) atoms. The van der Waals surface area contributed by atoms with Gasteiger partial charge in [0.15, 0.2) is 0 Å². The van der Waals surface area contributed by atoms with Gasteiger partial charge >= 0.3 is 0 Å². The van der Waals surface area contributed by atoms with E-state index in [1.165, 1.54) is 37.0 Å². The standard InChI is InChI=1S/C13H20ClNS/c1-2-10-3-5-12(6-4-10)15-8-13-7-11(14)9-16-13/h7,9-10,12,15H,2-6,8H2,1H3. The lowest BCUT2D eigenvalue weighted by molar-refractivity contribution is 0.285. The van der Waals surface area contributed by atoms with Gasteiger partial charge < -0.3 is 5.32 Å². The molecule has 1 N–H and O–H groups in total. The molecule has 90 valence electrons. The molecule has 1 aromatic heterocycles. The van der Waals surface area contributed by atoms with Gasteiger partial charge in [0.1, 0.15) is 0 Å². The molecule has 0 spiro atoms. The van der Waals surface area contributed by atoms with Gasteiger partial charge in [-0.05, 0) is 37.7 Å². The van der Waals surface area contributed by atoms with E-state index in [-0.39, 0.29) is 0 Å². The summed E-state index contributed by atoms with van der Waals surface area (Å²) in [5.74, 6) is 0.981. The van der Waals surface area contributed by atoms with Crippen molar-refractivity contribution in [1.82, 2.24) is 5.32 Å². The lowest BCUT2D eigenvalue weighted by Gasteiger charge is -2.28. The molecule has 3 heteroatoms. The Bertz CT molecular complexity index is 315. The zero-order chi connectivity index (χ0) is 11.4. The van der Waals surface area contributed by atoms with Gasteiger partial charge in [-0.3, -0.25) is 0 Å². The number of rotatable bonds is 4. The third-order valence-electron chi connectivity index (χ3n) is 3.61. The van der Waals surface area contributed by atoms with Crippen molar-refractivity contribution in [3.05, 3.63) is 21.3 Å². The van der Waals surface area contributed by atoms with Gasteiger partial charge in [0.05, 0.1) is 5.02 Å². The maximum atomic E-state index is 5.90. The van der Waals surface area contributed by atoms with E-state index in [9.17, 15) is 0 Å². The van der Waals surface area contributed by atoms with Gasteiger partial charge in [0, 0.05) is 22.8 Å². The summed E-state index contributed by atoms with van der Waals surface area (Å²) in [7, 11) is 0. The molecule has 0 amide bonds. The number of hydrogen-bond donors (Lipinski definition) is 1. The van der Waals surface area contributed by atoms with Gasteiger partial charge in [-0.1, -0.05) is 24.9 Å². The van der Waals surface area contributed by atoms with E-state index in [0.29, 0.717) is 0 Å². The fourth-order valence-electron chi connectivity index (χ4n) is 2.47. The van der Waals surface area contributed by atoms with Crippen molar-refractivity contribution < 1.29 is 0 Å². The Labute approximate surface area is 107 Å². The van der Waals surface area contributed by atoms with E-state index in [4.69, 9.17) is 11.6 Å². The highest BCUT2D eigenvalue weighted by atomic mass is 35.5. The van der Waals surface area contributed by atoms with E-state index >= 15 is 0 Å². The summed E-state index contributed by atoms with van der Waals surface area (Å²) in [6, 6.07) is 2.79. The van der Waals surface area contributed by atoms with E-state index in [1.54, 1.807) is 11.3 Å². The fourth-order valence-corrected chi connectivity index (χ4v) is 3.49. The van der Waals surface area contributed by atoms with Crippen LogP contribution in [0.1, 0.15) is 43.9 Å². The van der Waals surface area contributed by atoms with Crippen LogP contribution >= 0.6 is 22.9 Å². The van der Waals surface area contributed by atoms with E-state index in [1.807, 2.05) is 5.38 Å². The van der Waals surface area contributed by atoms with Crippen molar-refractivity contribution in [3.63, 3.8) is 0 Å². The predicted octanol–water partition coefficient (Wildman–Crippen LogP) is 4.46. The largest absolute Gasteiger partial charge is 0.309 e. The van der Waals surface area contributed by atoms with Crippen LogP contribution < -0.4 is 5.32 Å². The van der Waals surface area contributed by atoms with Crippen LogP contribution in [-0.4, -0.2) is 6.04 Å². The van der Waals surface area contributed by atoms with Gasteiger partial charge in [0.2, 0.25) is 0 Å². The third-order valence-corrected chi connectivity index (χ3v) is 4.90. The molecule has 0 atom stereocenters. The highest BCUT2D eigenvalue weighted by Crippen LogP contribution is 2.27. The van der Waals surface area contributed by atoms with Gasteiger partial charge in [0.25, 0.3) is 0 Å². The number of hydrogen-bond acceptors (Lipinski definition) is 2. The SMILES string of the molecule is CCC1CCC(NCc2cc(Cl)cs2)CC1. The van der Waals surface area contributed by atoms with Crippen LogP contribution in [-0.2, 0) is 6.54 Å². The minimum atomic E-state index is 0.726. The average Bonchev–Trinajstić information content (AvgIpc) is 2.73. The predicted molar refractivity (Wildman–Crippen MR) is 72.2 cm³/mol. The first kappa shape index (κ1) is 12.4. The van der Waals surface area contributed by atoms with Crippen molar-refractivity contribution in [3.8, 4) is 0 Å². The Morgan fingerprint density at radius 2 is 2.12 bits per heavy atom. The summed E-state index contributed by atoms with van der Waals surface area (Å²) < 4.78 is 0. The quantitative estimate of drug-likeness (QED) is 0.840. The molecule has 1 aliphatic rings. The van der Waals surface area contributed by atoms with E-state index in [2.05, 4.69) is 18.3 Å². The minimum absolute atomic E-state index is 0.726. The molecule has 2 rings (SSSR count). The summed E-state index contributed by atoms with van der Waals surface area (Å²) in [5.41, 5.74) is 0. The highest BCUT2D eigenvalue weighted by Gasteiger charge is 2.19. The maximum absolute atomic E-state index is 5.90. The number of halogens is 1. The summed E-state index contributed by atoms with van der Waals surface area (Å²) in [6.07, 6.45) is 6.85. The molecular formula is C13H20ClNS. The molecule has 1 saturated carbocycles. The Hall–Kier alpha value is -0.0500. The van der Waals surface area contributed by atoms with Crippen molar-refractivity contribution in [2.75, 3.05) is 0 Å². The van der Waals surface area contributed by atoms with Crippen LogP contribution in [0.5, 0.6) is 0 Å². The van der Waals surface area contributed by atoms with Crippen LogP contribution in [0.15, 0.2) is 11.4 Å². The second kappa shape index (κ2) is 6.04. The zero-order valence-corrected chi connectivity index (χ0v) is 11.4. The van der Waals surface area contributed by atoms with E-state index < -0.39 is 0 Å². The molecule has 0 aromatic carbocycles. The molecular weight excluding hydrogens is 238 g/mol. The Morgan fingerprint density at radius 1 is 1.38 bits per heavy atom. The molecule has 1 heterocycles. The Kier molecular flexibility index (Phi) is 4.68. The Balaban J connectivity index is 1.71. The second-order valence-electron chi connectivity index (χ2n) is 4.74. The van der Waals surface area contributed by atoms with Gasteiger partial charge in [-0.2, -0.15) is 0 Å². The zero-order valence-electron chi connectivity index (χ0n) is 9.84. The van der Waals surface area contributed by atoms with Crippen LogP contribution in [0.4, 0.5) is 0 Å². The third kappa shape index (κ3) is 3.47. The van der Waals surface area contributed by atoms with Crippen molar-refractivity contribution in [2.45, 2.75) is 51.6 Å². The molecule has 1 aromatic rings. The van der Waals surface area contributed by atoms with Crippen LogP contribution in [0, 0.1) is 5.92 Å². The monoisotopic (exact) mass is 257 g/mol. The molecule has 0 aliphatic heterocycles. The summed E-state index contributed by atoms with van der Waals surface area (Å²) >= 11 is 7.65. The second-order valence-corrected chi connectivity index (χ2v) is 6.17. The normalized spacial score (nSPS) is 25.9. The molecule has 1 fully saturated rings. The molecule has 0 radical (unpaired) electrons. The number of nitrogens with one attached hydrogen (secondary N) is 1. The minimum Gasteiger partial charge on any atom is -0.309 e. The maximum Gasteiger partial charge on any atom is 0.0516 e. The van der Waals surface area contributed by atoms with Crippen LogP contribution in [0.3, 0.4) is 0 Å². The first-order chi connectivity index (χ1) is 7.78. The number of thiophene rings is 1. The van der Waals surface area contributed by atoms with Crippen LogP contribution in [0.25, 0.3) is 0 Å². The first-order valence-electron chi connectivity index (χ1n) is 6.24.